The fourth-order valence-electron chi connectivity index (χ4n) is 5.18. The third-order valence-electron chi connectivity index (χ3n) is 7.35. The van der Waals surface area contributed by atoms with E-state index in [1.807, 2.05) is 13.8 Å². The minimum atomic E-state index is -4.62. The molecule has 0 radical (unpaired) electrons. The number of hydrogen-bond donors (Lipinski definition) is 5. The average molecular weight is 531 g/mol. The number of nitrogens with one attached hydrogen (secondary N) is 2. The number of piperazine rings is 1. The van der Waals surface area contributed by atoms with Crippen LogP contribution in [0.5, 0.6) is 11.5 Å². The lowest BCUT2D eigenvalue weighted by Gasteiger charge is -2.43. The largest absolute Gasteiger partial charge is 0.508 e. The summed E-state index contributed by atoms with van der Waals surface area (Å²) in [6, 6.07) is 2.54. The summed E-state index contributed by atoms with van der Waals surface area (Å²) in [5.41, 5.74) is 8.42. The highest BCUT2D eigenvalue weighted by atomic mass is 19.4. The molecule has 2 fully saturated rings. The van der Waals surface area contributed by atoms with Gasteiger partial charge in [0, 0.05) is 44.3 Å². The number of rotatable bonds is 8. The minimum Gasteiger partial charge on any atom is -0.508 e. The van der Waals surface area contributed by atoms with Crippen LogP contribution in [0.2, 0.25) is 0 Å². The van der Waals surface area contributed by atoms with E-state index in [4.69, 9.17) is 11.1 Å². The molecule has 1 aliphatic carbocycles. The van der Waals surface area contributed by atoms with Crippen LogP contribution in [0.25, 0.3) is 0 Å². The van der Waals surface area contributed by atoms with Crippen LogP contribution in [0.1, 0.15) is 56.6 Å². The maximum Gasteiger partial charge on any atom is 0.411 e. The second-order valence-corrected chi connectivity index (χ2v) is 10.3. The monoisotopic (exact) mass is 530 g/mol. The van der Waals surface area contributed by atoms with Gasteiger partial charge in [0.25, 0.3) is 0 Å². The normalized spacial score (nSPS) is 22.6. The molecule has 0 amide bonds. The van der Waals surface area contributed by atoms with Crippen molar-refractivity contribution in [2.24, 2.45) is 5.73 Å². The number of benzene rings is 1. The van der Waals surface area contributed by atoms with Crippen molar-refractivity contribution in [3.05, 3.63) is 28.2 Å². The summed E-state index contributed by atoms with van der Waals surface area (Å²) >= 11 is 0. The third-order valence-corrected chi connectivity index (χ3v) is 7.35. The number of amidine groups is 1. The molecule has 1 unspecified atom stereocenters. The number of hydrogen-bond acceptors (Lipinski definition) is 7. The molecule has 1 aromatic carbocycles. The van der Waals surface area contributed by atoms with Crippen molar-refractivity contribution in [3.63, 3.8) is 0 Å². The first-order valence-electron chi connectivity index (χ1n) is 12.7. The first kappa shape index (κ1) is 28.9. The van der Waals surface area contributed by atoms with Gasteiger partial charge >= 0.3 is 12.5 Å². The van der Waals surface area contributed by atoms with Crippen LogP contribution in [0.3, 0.4) is 0 Å². The van der Waals surface area contributed by atoms with Crippen LogP contribution in [-0.2, 0) is 0 Å². The molecule has 0 aromatic heterocycles. The Morgan fingerprint density at radius 1 is 1.16 bits per heavy atom. The predicted molar refractivity (Wildman–Crippen MR) is 133 cm³/mol. The molecule has 13 heteroatoms. The van der Waals surface area contributed by atoms with Crippen molar-refractivity contribution in [3.8, 4) is 11.5 Å². The quantitative estimate of drug-likeness (QED) is 0.114. The van der Waals surface area contributed by atoms with Crippen molar-refractivity contribution in [1.29, 1.82) is 5.41 Å². The highest BCUT2D eigenvalue weighted by Gasteiger charge is 2.41. The molecular weight excluding hydrogens is 491 g/mol. The van der Waals surface area contributed by atoms with Gasteiger partial charge in [0.05, 0.1) is 10.5 Å². The molecule has 0 spiro atoms. The Morgan fingerprint density at radius 3 is 2.30 bits per heavy atom. The molecule has 208 valence electrons. The van der Waals surface area contributed by atoms with E-state index in [0.717, 1.165) is 45.1 Å². The van der Waals surface area contributed by atoms with Crippen LogP contribution < -0.4 is 11.2 Å². The Morgan fingerprint density at radius 2 is 1.76 bits per heavy atom. The summed E-state index contributed by atoms with van der Waals surface area (Å²) in [5.74, 6) is -0.928. The molecule has 6 N–H and O–H groups in total. The first-order valence-corrected chi connectivity index (χ1v) is 12.7. The summed E-state index contributed by atoms with van der Waals surface area (Å²) < 4.78 is 38.2. The number of aromatic hydroxyl groups is 2. The fourth-order valence-corrected chi connectivity index (χ4v) is 5.18. The molecule has 1 heterocycles. The first-order chi connectivity index (χ1) is 17.3. The molecule has 1 atom stereocenters. The summed E-state index contributed by atoms with van der Waals surface area (Å²) in [6.07, 6.45) is -3.53. The third kappa shape index (κ3) is 7.23. The lowest BCUT2D eigenvalue weighted by molar-refractivity contribution is -0.661. The molecule has 0 bridgehead atoms. The smallest absolute Gasteiger partial charge is 0.411 e. The van der Waals surface area contributed by atoms with Crippen LogP contribution in [0.15, 0.2) is 12.1 Å². The maximum absolute atomic E-state index is 12.7. The number of likely N-dealkylation sites (N-methyl/N-ethyl adjacent to an activating group) is 1. The van der Waals surface area contributed by atoms with Crippen LogP contribution in [0, 0.1) is 10.3 Å². The zero-order chi connectivity index (χ0) is 27.5. The SMILES string of the molecule is CC(C)c1cc(C(=N)N(C2CCC(N3CCN(C)CC3)CC2)C(N)[N+](=O)NCC(F)(F)F)c(O)cc1O. The van der Waals surface area contributed by atoms with Gasteiger partial charge in [-0.1, -0.05) is 13.8 Å². The summed E-state index contributed by atoms with van der Waals surface area (Å²) in [5, 5.41) is 29.7. The van der Waals surface area contributed by atoms with E-state index in [1.54, 1.807) is 5.43 Å². The van der Waals surface area contributed by atoms with Gasteiger partial charge in [0.2, 0.25) is 0 Å². The standard InChI is InChI=1S/C24H38F3N7O3/c1-15(2)18-12-19(21(36)13-20(18)35)22(28)33(23(29)34(37)30-14-24(25,26)27)17-6-4-16(5-7-17)32-10-8-31(3)9-11-32/h12-13,15-17,23H,4-11,14,29H2,1-3H3,(H3-,28,30,35,36,37)/p+1. The molecular formula is C24H39F3N7O3+. The molecule has 1 saturated heterocycles. The number of nitrogens with zero attached hydrogens (tertiary/aromatic N) is 4. The summed E-state index contributed by atoms with van der Waals surface area (Å²) in [4.78, 5) is 18.5. The second-order valence-electron chi connectivity index (χ2n) is 10.3. The number of nitroso groups, excluding NO2 is 1. The Bertz CT molecular complexity index is 960. The van der Waals surface area contributed by atoms with Gasteiger partial charge in [-0.25, -0.2) is 5.73 Å². The zero-order valence-corrected chi connectivity index (χ0v) is 21.6. The van der Waals surface area contributed by atoms with E-state index in [1.165, 1.54) is 11.0 Å². The molecule has 1 aromatic rings. The molecule has 2 aliphatic rings. The Labute approximate surface area is 215 Å². The maximum atomic E-state index is 12.7. The van der Waals surface area contributed by atoms with E-state index >= 15 is 0 Å². The van der Waals surface area contributed by atoms with Crippen molar-refractivity contribution in [1.82, 2.24) is 20.1 Å². The van der Waals surface area contributed by atoms with E-state index in [-0.39, 0.29) is 33.7 Å². The van der Waals surface area contributed by atoms with Crippen molar-refractivity contribution in [2.75, 3.05) is 39.8 Å². The Kier molecular flexibility index (Phi) is 9.24. The number of phenols is 2. The number of phenolic OH excluding ortho intramolecular Hbond substituents is 2. The summed E-state index contributed by atoms with van der Waals surface area (Å²) in [6.45, 7) is 5.99. The molecule has 37 heavy (non-hydrogen) atoms. The van der Waals surface area contributed by atoms with Crippen molar-refractivity contribution in [2.45, 2.75) is 70.0 Å². The number of alkyl halides is 3. The van der Waals surface area contributed by atoms with Crippen LogP contribution in [0.4, 0.5) is 13.2 Å². The van der Waals surface area contributed by atoms with Gasteiger partial charge in [0.15, 0.2) is 11.4 Å². The number of halogens is 3. The predicted octanol–water partition coefficient (Wildman–Crippen LogP) is 2.50. The van der Waals surface area contributed by atoms with E-state index in [9.17, 15) is 28.3 Å². The van der Waals surface area contributed by atoms with Gasteiger partial charge in [-0.2, -0.15) is 13.2 Å². The number of hydrazine groups is 1. The highest BCUT2D eigenvalue weighted by Crippen LogP contribution is 2.35. The topological polar surface area (TPSA) is 132 Å². The van der Waals surface area contributed by atoms with Crippen LogP contribution in [-0.4, -0.2) is 99.9 Å². The van der Waals surface area contributed by atoms with E-state index < -0.39 is 25.1 Å². The molecule has 3 rings (SSSR count). The zero-order valence-electron chi connectivity index (χ0n) is 21.6. The average Bonchev–Trinajstić information content (AvgIpc) is 2.82. The lowest BCUT2D eigenvalue weighted by atomic mass is 9.88. The van der Waals surface area contributed by atoms with Crippen molar-refractivity contribution < 1.29 is 28.3 Å². The van der Waals surface area contributed by atoms with Gasteiger partial charge < -0.3 is 15.1 Å². The minimum absolute atomic E-state index is 0.0439. The highest BCUT2D eigenvalue weighted by molar-refractivity contribution is 5.99. The molecule has 1 saturated carbocycles. The van der Waals surface area contributed by atoms with Crippen molar-refractivity contribution >= 4 is 5.84 Å². The summed E-state index contributed by atoms with van der Waals surface area (Å²) in [7, 11) is 2.09. The van der Waals surface area contributed by atoms with Gasteiger partial charge in [0.1, 0.15) is 17.3 Å². The Balaban J connectivity index is 1.84. The van der Waals surface area contributed by atoms with Gasteiger partial charge in [-0.3, -0.25) is 15.2 Å². The van der Waals surface area contributed by atoms with Gasteiger partial charge in [-0.05, 0) is 50.3 Å². The molecule has 1 aliphatic heterocycles. The fraction of sp³-hybridized carbons (Fsp3) is 0.708. The second kappa shape index (κ2) is 11.8. The van der Waals surface area contributed by atoms with E-state index in [2.05, 4.69) is 16.8 Å². The Hall–Kier alpha value is -2.64. The number of nitrogens with two attached hydrogens (primary N) is 1. The van der Waals surface area contributed by atoms with Gasteiger partial charge in [-0.15, -0.1) is 5.43 Å². The van der Waals surface area contributed by atoms with E-state index in [0.29, 0.717) is 24.4 Å². The lowest BCUT2D eigenvalue weighted by Crippen LogP contribution is -2.61. The molecule has 10 nitrogen and oxygen atoms in total. The van der Waals surface area contributed by atoms with Crippen LogP contribution >= 0.6 is 0 Å².